The highest BCUT2D eigenvalue weighted by atomic mass is 16.5. The largest absolute Gasteiger partial charge is 0.383 e. The van der Waals surface area contributed by atoms with Crippen LogP contribution in [0, 0.1) is 5.92 Å². The maximum absolute atomic E-state index is 5.49. The molecule has 160 valence electrons. The van der Waals surface area contributed by atoms with Crippen molar-refractivity contribution in [3.05, 3.63) is 17.5 Å². The second-order valence-electron chi connectivity index (χ2n) is 7.59. The molecule has 0 aromatic carbocycles. The van der Waals surface area contributed by atoms with Gasteiger partial charge >= 0.3 is 0 Å². The number of methoxy groups -OCH3 is 1. The molecule has 1 aromatic rings. The van der Waals surface area contributed by atoms with E-state index in [0.29, 0.717) is 18.4 Å². The van der Waals surface area contributed by atoms with Crippen molar-refractivity contribution in [2.45, 2.75) is 58.9 Å². The third kappa shape index (κ3) is 7.43. The summed E-state index contributed by atoms with van der Waals surface area (Å²) in [6.07, 6.45) is 4.61. The molecule has 0 bridgehead atoms. The molecule has 2 N–H and O–H groups in total. The Morgan fingerprint density at radius 2 is 2.04 bits per heavy atom. The van der Waals surface area contributed by atoms with Gasteiger partial charge in [0.1, 0.15) is 6.54 Å². The summed E-state index contributed by atoms with van der Waals surface area (Å²) in [5.74, 6) is 2.84. The van der Waals surface area contributed by atoms with Gasteiger partial charge in [-0.1, -0.05) is 19.0 Å². The standard InChI is InChI=1S/C21H39N5O2/c1-5-18(6-2)20-14-19(28-25-20)16-24-21(22-7-3)23-15-17-8-10-26(11-9-17)12-13-27-4/h14,17-18H,5-13,15-16H2,1-4H3,(H2,22,23,24). The second kappa shape index (κ2) is 12.8. The Balaban J connectivity index is 1.79. The molecule has 0 unspecified atom stereocenters. The molecule has 1 saturated heterocycles. The van der Waals surface area contributed by atoms with Crippen LogP contribution in [0.3, 0.4) is 0 Å². The molecular weight excluding hydrogens is 354 g/mol. The zero-order chi connectivity index (χ0) is 20.2. The van der Waals surface area contributed by atoms with E-state index in [9.17, 15) is 0 Å². The molecule has 0 aliphatic carbocycles. The fraction of sp³-hybridized carbons (Fsp3) is 0.810. The van der Waals surface area contributed by atoms with Gasteiger partial charge in [-0.3, -0.25) is 0 Å². The quantitative estimate of drug-likeness (QED) is 0.445. The summed E-state index contributed by atoms with van der Waals surface area (Å²) < 4.78 is 10.7. The molecule has 7 heteroatoms. The minimum Gasteiger partial charge on any atom is -0.383 e. The minimum absolute atomic E-state index is 0.475. The Kier molecular flexibility index (Phi) is 10.4. The van der Waals surface area contributed by atoms with Crippen LogP contribution in [-0.2, 0) is 11.3 Å². The van der Waals surface area contributed by atoms with Gasteiger partial charge in [-0.25, -0.2) is 4.99 Å². The molecule has 0 amide bonds. The van der Waals surface area contributed by atoms with Crippen LogP contribution in [0.5, 0.6) is 0 Å². The molecule has 1 fully saturated rings. The van der Waals surface area contributed by atoms with Crippen molar-refractivity contribution < 1.29 is 9.26 Å². The van der Waals surface area contributed by atoms with Gasteiger partial charge in [-0.05, 0) is 51.6 Å². The number of likely N-dealkylation sites (tertiary alicyclic amines) is 1. The summed E-state index contributed by atoms with van der Waals surface area (Å²) in [7, 11) is 1.77. The molecule has 28 heavy (non-hydrogen) atoms. The van der Waals surface area contributed by atoms with E-state index in [4.69, 9.17) is 9.26 Å². The van der Waals surface area contributed by atoms with Crippen molar-refractivity contribution in [2.75, 3.05) is 46.4 Å². The van der Waals surface area contributed by atoms with E-state index in [2.05, 4.69) is 52.5 Å². The van der Waals surface area contributed by atoms with Crippen LogP contribution in [0.2, 0.25) is 0 Å². The lowest BCUT2D eigenvalue weighted by Crippen LogP contribution is -2.43. The number of ether oxygens (including phenoxy) is 1. The van der Waals surface area contributed by atoms with Crippen molar-refractivity contribution in [3.8, 4) is 0 Å². The first-order valence-corrected chi connectivity index (χ1v) is 10.9. The summed E-state index contributed by atoms with van der Waals surface area (Å²) in [6.45, 7) is 12.9. The Morgan fingerprint density at radius 3 is 2.68 bits per heavy atom. The highest BCUT2D eigenvalue weighted by Gasteiger charge is 2.19. The zero-order valence-electron chi connectivity index (χ0n) is 18.2. The third-order valence-electron chi connectivity index (χ3n) is 5.60. The van der Waals surface area contributed by atoms with Gasteiger partial charge < -0.3 is 24.8 Å². The number of nitrogens with zero attached hydrogens (tertiary/aromatic N) is 3. The number of hydrogen-bond acceptors (Lipinski definition) is 5. The van der Waals surface area contributed by atoms with E-state index >= 15 is 0 Å². The van der Waals surface area contributed by atoms with Crippen LogP contribution in [0.25, 0.3) is 0 Å². The fourth-order valence-electron chi connectivity index (χ4n) is 3.68. The molecular formula is C21H39N5O2. The lowest BCUT2D eigenvalue weighted by molar-refractivity contribution is 0.121. The van der Waals surface area contributed by atoms with E-state index in [1.54, 1.807) is 7.11 Å². The first-order chi connectivity index (χ1) is 13.7. The van der Waals surface area contributed by atoms with Gasteiger partial charge in [0, 0.05) is 38.7 Å². The summed E-state index contributed by atoms with van der Waals surface area (Å²) in [6, 6.07) is 2.06. The lowest BCUT2D eigenvalue weighted by atomic mass is 9.97. The van der Waals surface area contributed by atoms with Crippen molar-refractivity contribution in [1.82, 2.24) is 20.7 Å². The van der Waals surface area contributed by atoms with E-state index < -0.39 is 0 Å². The van der Waals surface area contributed by atoms with Crippen LogP contribution in [0.1, 0.15) is 63.8 Å². The van der Waals surface area contributed by atoms with Crippen LogP contribution < -0.4 is 10.6 Å². The predicted molar refractivity (Wildman–Crippen MR) is 114 cm³/mol. The molecule has 1 aliphatic heterocycles. The third-order valence-corrected chi connectivity index (χ3v) is 5.60. The zero-order valence-corrected chi connectivity index (χ0v) is 18.2. The van der Waals surface area contributed by atoms with Crippen molar-refractivity contribution in [3.63, 3.8) is 0 Å². The number of piperidine rings is 1. The number of nitrogens with one attached hydrogen (secondary N) is 2. The molecule has 0 atom stereocenters. The molecule has 0 spiro atoms. The van der Waals surface area contributed by atoms with E-state index in [-0.39, 0.29) is 0 Å². The average molecular weight is 394 g/mol. The van der Waals surface area contributed by atoms with Gasteiger partial charge in [-0.2, -0.15) is 0 Å². The molecule has 1 aromatic heterocycles. The molecule has 7 nitrogen and oxygen atoms in total. The summed E-state index contributed by atoms with van der Waals surface area (Å²) in [5.41, 5.74) is 1.05. The Morgan fingerprint density at radius 1 is 1.29 bits per heavy atom. The SMILES string of the molecule is CCNC(=NCc1cc(C(CC)CC)no1)NCC1CCN(CCOC)CC1. The van der Waals surface area contributed by atoms with E-state index in [1.165, 1.54) is 12.8 Å². The van der Waals surface area contributed by atoms with Gasteiger partial charge in [0.2, 0.25) is 0 Å². The van der Waals surface area contributed by atoms with Crippen LogP contribution in [-0.4, -0.2) is 62.5 Å². The van der Waals surface area contributed by atoms with Crippen LogP contribution in [0.15, 0.2) is 15.6 Å². The molecule has 0 radical (unpaired) electrons. The molecule has 1 aliphatic rings. The van der Waals surface area contributed by atoms with Gasteiger partial charge in [0.05, 0.1) is 12.3 Å². The van der Waals surface area contributed by atoms with Gasteiger partial charge in [0.25, 0.3) is 0 Å². The van der Waals surface area contributed by atoms with Crippen LogP contribution >= 0.6 is 0 Å². The predicted octanol–water partition coefficient (Wildman–Crippen LogP) is 2.99. The first-order valence-electron chi connectivity index (χ1n) is 10.9. The first kappa shape index (κ1) is 22.7. The van der Waals surface area contributed by atoms with E-state index in [1.807, 2.05) is 0 Å². The number of hydrogen-bond donors (Lipinski definition) is 2. The second-order valence-corrected chi connectivity index (χ2v) is 7.59. The average Bonchev–Trinajstić information content (AvgIpc) is 3.19. The van der Waals surface area contributed by atoms with Crippen molar-refractivity contribution in [1.29, 1.82) is 0 Å². The highest BCUT2D eigenvalue weighted by Crippen LogP contribution is 2.22. The van der Waals surface area contributed by atoms with Crippen LogP contribution in [0.4, 0.5) is 0 Å². The maximum atomic E-state index is 5.49. The van der Waals surface area contributed by atoms with E-state index in [0.717, 1.165) is 69.6 Å². The monoisotopic (exact) mass is 393 g/mol. The Hall–Kier alpha value is -1.60. The van der Waals surface area contributed by atoms with Crippen molar-refractivity contribution in [2.24, 2.45) is 10.9 Å². The smallest absolute Gasteiger partial charge is 0.191 e. The minimum atomic E-state index is 0.475. The number of aromatic nitrogens is 1. The molecule has 0 saturated carbocycles. The number of rotatable bonds is 11. The fourth-order valence-corrected chi connectivity index (χ4v) is 3.68. The molecule has 2 heterocycles. The normalized spacial score (nSPS) is 16.7. The number of guanidine groups is 1. The topological polar surface area (TPSA) is 74.9 Å². The summed E-state index contributed by atoms with van der Waals surface area (Å²) in [5, 5.41) is 11.1. The maximum Gasteiger partial charge on any atom is 0.191 e. The van der Waals surface area contributed by atoms with Crippen molar-refractivity contribution >= 4 is 5.96 Å². The number of aliphatic imine (C=N–C) groups is 1. The van der Waals surface area contributed by atoms with Gasteiger partial charge in [-0.15, -0.1) is 0 Å². The summed E-state index contributed by atoms with van der Waals surface area (Å²) >= 11 is 0. The molecule has 2 rings (SSSR count). The summed E-state index contributed by atoms with van der Waals surface area (Å²) in [4.78, 5) is 7.17. The van der Waals surface area contributed by atoms with Gasteiger partial charge in [0.15, 0.2) is 11.7 Å². The Labute approximate surface area is 170 Å². The Bertz CT molecular complexity index is 563. The highest BCUT2D eigenvalue weighted by molar-refractivity contribution is 5.79. The lowest BCUT2D eigenvalue weighted by Gasteiger charge is -2.32.